The molecule has 1 aromatic carbocycles. The van der Waals surface area contributed by atoms with Crippen LogP contribution in [0.25, 0.3) is 11.2 Å². The highest BCUT2D eigenvalue weighted by Gasteiger charge is 2.17. The van der Waals surface area contributed by atoms with Crippen LogP contribution in [-0.2, 0) is 0 Å². The Labute approximate surface area is 159 Å². The number of hydrogen-bond acceptors (Lipinski definition) is 6. The fourth-order valence-corrected chi connectivity index (χ4v) is 2.32. The fraction of sp³-hybridized carbons (Fsp3) is 0.263. The maximum atomic E-state index is 14.3. The topological polar surface area (TPSA) is 106 Å². The van der Waals surface area contributed by atoms with E-state index in [1.165, 1.54) is 24.4 Å². The number of H-pyrrole nitrogens is 1. The number of aromatic nitrogens is 3. The average Bonchev–Trinajstić information content (AvgIpc) is 2.57. The number of aryl methyl sites for hydroxylation is 1. The summed E-state index contributed by atoms with van der Waals surface area (Å²) in [5.74, 6) is -0.607. The Morgan fingerprint density at radius 3 is 2.64 bits per heavy atom. The molecular weight excluding hydrogens is 367 g/mol. The summed E-state index contributed by atoms with van der Waals surface area (Å²) in [7, 11) is 0. The van der Waals surface area contributed by atoms with Gasteiger partial charge in [0.15, 0.2) is 23.0 Å². The Bertz CT molecular complexity index is 1110. The number of benzene rings is 1. The number of pyridine rings is 1. The van der Waals surface area contributed by atoms with Gasteiger partial charge in [0.1, 0.15) is 17.0 Å². The number of nitrogens with zero attached hydrogens (tertiary/aromatic N) is 2. The number of halogens is 1. The van der Waals surface area contributed by atoms with Gasteiger partial charge >= 0.3 is 6.09 Å². The first-order valence-electron chi connectivity index (χ1n) is 8.45. The minimum absolute atomic E-state index is 0.148. The number of rotatable bonds is 3. The van der Waals surface area contributed by atoms with E-state index in [1.807, 2.05) is 0 Å². The first-order valence-corrected chi connectivity index (χ1v) is 8.45. The van der Waals surface area contributed by atoms with Crippen molar-refractivity contribution >= 4 is 17.3 Å². The molecule has 146 valence electrons. The molecular formula is C19H19FN4O4. The number of amides is 1. The van der Waals surface area contributed by atoms with Gasteiger partial charge in [-0.2, -0.15) is 0 Å². The van der Waals surface area contributed by atoms with Gasteiger partial charge in [-0.15, -0.1) is 0 Å². The molecule has 0 unspecified atom stereocenters. The van der Waals surface area contributed by atoms with Crippen molar-refractivity contribution in [2.24, 2.45) is 0 Å². The Hall–Kier alpha value is -3.49. The molecule has 0 atom stereocenters. The Kier molecular flexibility index (Phi) is 5.00. The van der Waals surface area contributed by atoms with E-state index in [2.05, 4.69) is 20.3 Å². The molecule has 0 aliphatic rings. The van der Waals surface area contributed by atoms with Crippen LogP contribution in [0.3, 0.4) is 0 Å². The lowest BCUT2D eigenvalue weighted by atomic mass is 10.1. The number of fused-ring (bicyclic) bond motifs is 1. The summed E-state index contributed by atoms with van der Waals surface area (Å²) in [5.41, 5.74) is -0.0110. The Balaban J connectivity index is 1.84. The second-order valence-corrected chi connectivity index (χ2v) is 7.12. The Morgan fingerprint density at radius 1 is 1.21 bits per heavy atom. The van der Waals surface area contributed by atoms with Crippen LogP contribution < -0.4 is 20.3 Å². The molecule has 2 aromatic heterocycles. The standard InChI is InChI=1S/C19H19FN4O4/c1-10-17(25)23-15-14(7-8-21-16(15)22-10)27-11-5-6-13(12(20)9-11)28-18(26)24-19(2,3)4/h5-9H,1-4H3,(H,23,25)(H,24,26). The van der Waals surface area contributed by atoms with Crippen LogP contribution in [0.5, 0.6) is 17.2 Å². The van der Waals surface area contributed by atoms with Gasteiger partial charge in [0.25, 0.3) is 5.56 Å². The van der Waals surface area contributed by atoms with Gasteiger partial charge in [0.2, 0.25) is 0 Å². The molecule has 1 amide bonds. The number of aromatic amines is 1. The zero-order chi connectivity index (χ0) is 20.5. The van der Waals surface area contributed by atoms with Gasteiger partial charge in [0, 0.05) is 23.9 Å². The van der Waals surface area contributed by atoms with Crippen molar-refractivity contribution in [1.29, 1.82) is 0 Å². The highest BCUT2D eigenvalue weighted by Crippen LogP contribution is 2.29. The first kappa shape index (κ1) is 19.3. The van der Waals surface area contributed by atoms with E-state index in [0.717, 1.165) is 6.07 Å². The monoisotopic (exact) mass is 386 g/mol. The zero-order valence-electron chi connectivity index (χ0n) is 15.8. The summed E-state index contributed by atoms with van der Waals surface area (Å²) in [6.45, 7) is 6.90. The van der Waals surface area contributed by atoms with Gasteiger partial charge in [-0.05, 0) is 39.8 Å². The van der Waals surface area contributed by atoms with Gasteiger partial charge < -0.3 is 19.8 Å². The molecule has 9 heteroatoms. The summed E-state index contributed by atoms with van der Waals surface area (Å²) >= 11 is 0. The second kappa shape index (κ2) is 7.26. The predicted molar refractivity (Wildman–Crippen MR) is 100 cm³/mol. The van der Waals surface area contributed by atoms with E-state index < -0.39 is 17.4 Å². The van der Waals surface area contributed by atoms with Crippen LogP contribution in [0, 0.1) is 12.7 Å². The largest absolute Gasteiger partial charge is 0.455 e. The number of nitrogens with one attached hydrogen (secondary N) is 2. The lowest BCUT2D eigenvalue weighted by Crippen LogP contribution is -2.42. The van der Waals surface area contributed by atoms with E-state index in [0.29, 0.717) is 11.2 Å². The van der Waals surface area contributed by atoms with Crippen molar-refractivity contribution in [1.82, 2.24) is 20.3 Å². The normalized spacial score (nSPS) is 11.3. The molecule has 3 rings (SSSR count). The molecule has 0 saturated heterocycles. The molecule has 2 N–H and O–H groups in total. The minimum atomic E-state index is -0.776. The van der Waals surface area contributed by atoms with E-state index in [4.69, 9.17) is 9.47 Å². The van der Waals surface area contributed by atoms with Crippen molar-refractivity contribution in [3.8, 4) is 17.2 Å². The summed E-state index contributed by atoms with van der Waals surface area (Å²) < 4.78 is 24.9. The molecule has 0 aliphatic carbocycles. The molecule has 0 fully saturated rings. The molecule has 0 saturated carbocycles. The SMILES string of the molecule is Cc1nc2nccc(Oc3ccc(OC(=O)NC(C)(C)C)c(F)c3)c2[nH]c1=O. The van der Waals surface area contributed by atoms with Gasteiger partial charge in [-0.1, -0.05) is 0 Å². The lowest BCUT2D eigenvalue weighted by Gasteiger charge is -2.20. The van der Waals surface area contributed by atoms with Crippen LogP contribution >= 0.6 is 0 Å². The summed E-state index contributed by atoms with van der Waals surface area (Å²) in [6.07, 6.45) is 0.701. The minimum Gasteiger partial charge on any atom is -0.455 e. The van der Waals surface area contributed by atoms with Crippen LogP contribution in [-0.4, -0.2) is 26.6 Å². The molecule has 8 nitrogen and oxygen atoms in total. The smallest absolute Gasteiger partial charge is 0.413 e. The maximum absolute atomic E-state index is 14.3. The van der Waals surface area contributed by atoms with Crippen LogP contribution in [0.2, 0.25) is 0 Å². The van der Waals surface area contributed by atoms with Crippen molar-refractivity contribution in [2.45, 2.75) is 33.2 Å². The van der Waals surface area contributed by atoms with Gasteiger partial charge in [0.05, 0.1) is 0 Å². The fourth-order valence-electron chi connectivity index (χ4n) is 2.32. The number of hydrogen-bond donors (Lipinski definition) is 2. The molecule has 0 radical (unpaired) electrons. The van der Waals surface area contributed by atoms with Crippen molar-refractivity contribution in [2.75, 3.05) is 0 Å². The summed E-state index contributed by atoms with van der Waals surface area (Å²) in [6, 6.07) is 5.32. The summed E-state index contributed by atoms with van der Waals surface area (Å²) in [5, 5.41) is 2.57. The number of ether oxygens (including phenoxy) is 2. The third kappa shape index (κ3) is 4.43. The molecule has 0 bridgehead atoms. The molecule has 2 heterocycles. The number of carbonyl (C=O) groups is 1. The third-order valence-corrected chi connectivity index (χ3v) is 3.54. The Morgan fingerprint density at radius 2 is 1.96 bits per heavy atom. The lowest BCUT2D eigenvalue weighted by molar-refractivity contribution is 0.188. The second-order valence-electron chi connectivity index (χ2n) is 7.12. The van der Waals surface area contributed by atoms with Crippen LogP contribution in [0.1, 0.15) is 26.5 Å². The highest BCUT2D eigenvalue weighted by atomic mass is 19.1. The highest BCUT2D eigenvalue weighted by molar-refractivity contribution is 5.77. The van der Waals surface area contributed by atoms with Gasteiger partial charge in [-0.25, -0.2) is 19.2 Å². The predicted octanol–water partition coefficient (Wildman–Crippen LogP) is 3.44. The van der Waals surface area contributed by atoms with Gasteiger partial charge in [-0.3, -0.25) is 4.79 Å². The molecule has 0 spiro atoms. The van der Waals surface area contributed by atoms with Crippen LogP contribution in [0.15, 0.2) is 35.3 Å². The molecule has 28 heavy (non-hydrogen) atoms. The summed E-state index contributed by atoms with van der Waals surface area (Å²) in [4.78, 5) is 34.4. The van der Waals surface area contributed by atoms with E-state index in [9.17, 15) is 14.0 Å². The van der Waals surface area contributed by atoms with Crippen molar-refractivity contribution in [3.05, 3.63) is 52.3 Å². The van der Waals surface area contributed by atoms with Crippen molar-refractivity contribution < 1.29 is 18.7 Å². The van der Waals surface area contributed by atoms with E-state index in [-0.39, 0.29) is 28.5 Å². The van der Waals surface area contributed by atoms with Crippen molar-refractivity contribution in [3.63, 3.8) is 0 Å². The van der Waals surface area contributed by atoms with E-state index in [1.54, 1.807) is 27.7 Å². The van der Waals surface area contributed by atoms with Crippen LogP contribution in [0.4, 0.5) is 9.18 Å². The maximum Gasteiger partial charge on any atom is 0.413 e. The quantitative estimate of drug-likeness (QED) is 0.714. The molecule has 3 aromatic rings. The third-order valence-electron chi connectivity index (χ3n) is 3.54. The van der Waals surface area contributed by atoms with E-state index >= 15 is 0 Å². The number of carbonyl (C=O) groups excluding carboxylic acids is 1. The zero-order valence-corrected chi connectivity index (χ0v) is 15.8. The average molecular weight is 386 g/mol. The first-order chi connectivity index (χ1) is 13.1. The molecule has 0 aliphatic heterocycles.